The highest BCUT2D eigenvalue weighted by Gasteiger charge is 1.97. The Labute approximate surface area is 66.4 Å². The summed E-state index contributed by atoms with van der Waals surface area (Å²) in [6.45, 7) is 1.92. The molecule has 1 unspecified atom stereocenters. The lowest BCUT2D eigenvalue weighted by atomic mass is 10.3. The number of aryl methyl sites for hydroxylation is 1. The normalized spacial score (nSPS) is 12.1. The zero-order valence-corrected chi connectivity index (χ0v) is 6.70. The zero-order valence-electron chi connectivity index (χ0n) is 6.70. The molecule has 0 saturated heterocycles. The molecule has 58 valence electrons. The highest BCUT2D eigenvalue weighted by Crippen LogP contribution is 2.04. The van der Waals surface area contributed by atoms with E-state index in [9.17, 15) is 0 Å². The predicted octanol–water partition coefficient (Wildman–Crippen LogP) is 0.854. The summed E-state index contributed by atoms with van der Waals surface area (Å²) in [6, 6.07) is 0.0548. The first-order valence-corrected chi connectivity index (χ1v) is 3.43. The van der Waals surface area contributed by atoms with Gasteiger partial charge in [0.15, 0.2) is 0 Å². The molecule has 0 spiro atoms. The fourth-order valence-corrected chi connectivity index (χ4v) is 0.787. The Morgan fingerprint density at radius 1 is 1.82 bits per heavy atom. The van der Waals surface area contributed by atoms with E-state index in [1.165, 1.54) is 0 Å². The van der Waals surface area contributed by atoms with Crippen LogP contribution in [0.25, 0.3) is 0 Å². The van der Waals surface area contributed by atoms with Crippen LogP contribution < -0.4 is 5.32 Å². The highest BCUT2D eigenvalue weighted by atomic mass is 15.3. The Morgan fingerprint density at radius 2 is 2.55 bits per heavy atom. The van der Waals surface area contributed by atoms with Crippen LogP contribution in [-0.2, 0) is 7.05 Å². The fourth-order valence-electron chi connectivity index (χ4n) is 0.787. The molecule has 0 aromatic carbocycles. The number of terminal acetylenes is 1. The Balaban J connectivity index is 2.59. The van der Waals surface area contributed by atoms with Crippen LogP contribution in [0.2, 0.25) is 0 Å². The third-order valence-electron chi connectivity index (χ3n) is 1.34. The summed E-state index contributed by atoms with van der Waals surface area (Å²) in [7, 11) is 1.87. The van der Waals surface area contributed by atoms with Gasteiger partial charge in [0.25, 0.3) is 0 Å². The Bertz CT molecular complexity index is 269. The highest BCUT2D eigenvalue weighted by molar-refractivity contribution is 5.40. The second-order valence-electron chi connectivity index (χ2n) is 2.44. The van der Waals surface area contributed by atoms with Crippen LogP contribution in [-0.4, -0.2) is 15.8 Å². The van der Waals surface area contributed by atoms with Crippen molar-refractivity contribution in [3.05, 3.63) is 12.4 Å². The summed E-state index contributed by atoms with van der Waals surface area (Å²) >= 11 is 0. The van der Waals surface area contributed by atoms with Gasteiger partial charge in [-0.3, -0.25) is 4.68 Å². The lowest BCUT2D eigenvalue weighted by Gasteiger charge is -2.04. The van der Waals surface area contributed by atoms with Crippen LogP contribution in [0.5, 0.6) is 0 Å². The van der Waals surface area contributed by atoms with E-state index in [0.29, 0.717) is 0 Å². The molecule has 0 aliphatic rings. The van der Waals surface area contributed by atoms with Crippen molar-refractivity contribution in [3.63, 3.8) is 0 Å². The van der Waals surface area contributed by atoms with E-state index in [1.54, 1.807) is 10.9 Å². The minimum Gasteiger partial charge on any atom is -0.369 e. The molecular weight excluding hydrogens is 138 g/mol. The number of anilines is 1. The van der Waals surface area contributed by atoms with E-state index in [1.807, 2.05) is 20.2 Å². The van der Waals surface area contributed by atoms with Gasteiger partial charge in [0.05, 0.1) is 17.9 Å². The van der Waals surface area contributed by atoms with Crippen molar-refractivity contribution in [1.29, 1.82) is 0 Å². The van der Waals surface area contributed by atoms with Crippen molar-refractivity contribution in [2.45, 2.75) is 13.0 Å². The Kier molecular flexibility index (Phi) is 2.17. The summed E-state index contributed by atoms with van der Waals surface area (Å²) in [5, 5.41) is 7.08. The molecule has 0 saturated carbocycles. The van der Waals surface area contributed by atoms with Gasteiger partial charge in [-0.05, 0) is 6.92 Å². The van der Waals surface area contributed by atoms with Gasteiger partial charge in [-0.15, -0.1) is 6.42 Å². The quantitative estimate of drug-likeness (QED) is 0.632. The van der Waals surface area contributed by atoms with Gasteiger partial charge in [0.1, 0.15) is 0 Å². The number of rotatable bonds is 2. The van der Waals surface area contributed by atoms with Crippen LogP contribution >= 0.6 is 0 Å². The molecule has 0 amide bonds. The monoisotopic (exact) mass is 149 g/mol. The first-order valence-electron chi connectivity index (χ1n) is 3.43. The van der Waals surface area contributed by atoms with Crippen molar-refractivity contribution in [2.75, 3.05) is 5.32 Å². The van der Waals surface area contributed by atoms with E-state index in [2.05, 4.69) is 16.3 Å². The smallest absolute Gasteiger partial charge is 0.0846 e. The molecule has 1 atom stereocenters. The van der Waals surface area contributed by atoms with Crippen LogP contribution in [0.3, 0.4) is 0 Å². The number of aromatic nitrogens is 2. The molecule has 1 rings (SSSR count). The maximum absolute atomic E-state index is 5.19. The van der Waals surface area contributed by atoms with E-state index in [0.717, 1.165) is 5.69 Å². The molecule has 0 radical (unpaired) electrons. The lowest BCUT2D eigenvalue weighted by Crippen LogP contribution is -2.11. The topological polar surface area (TPSA) is 29.9 Å². The number of nitrogens with one attached hydrogen (secondary N) is 1. The second-order valence-corrected chi connectivity index (χ2v) is 2.44. The van der Waals surface area contributed by atoms with Gasteiger partial charge in [0, 0.05) is 13.2 Å². The number of nitrogens with zero attached hydrogens (tertiary/aromatic N) is 2. The number of hydrogen-bond donors (Lipinski definition) is 1. The molecule has 0 fully saturated rings. The van der Waals surface area contributed by atoms with Crippen molar-refractivity contribution >= 4 is 5.69 Å². The third kappa shape index (κ3) is 2.01. The molecule has 0 aliphatic carbocycles. The van der Waals surface area contributed by atoms with Gasteiger partial charge in [0.2, 0.25) is 0 Å². The molecule has 1 aromatic heterocycles. The SMILES string of the molecule is C#CC(C)Nc1cnn(C)c1. The summed E-state index contributed by atoms with van der Waals surface area (Å²) in [5.41, 5.74) is 0.956. The average Bonchev–Trinajstić information content (AvgIpc) is 2.35. The van der Waals surface area contributed by atoms with Gasteiger partial charge in [-0.2, -0.15) is 5.10 Å². The molecule has 1 N–H and O–H groups in total. The van der Waals surface area contributed by atoms with Crippen LogP contribution in [0.4, 0.5) is 5.69 Å². The molecule has 0 bridgehead atoms. The Morgan fingerprint density at radius 3 is 3.00 bits per heavy atom. The van der Waals surface area contributed by atoms with Gasteiger partial charge in [-0.25, -0.2) is 0 Å². The van der Waals surface area contributed by atoms with Crippen LogP contribution in [0.1, 0.15) is 6.92 Å². The van der Waals surface area contributed by atoms with Gasteiger partial charge in [-0.1, -0.05) is 5.92 Å². The second kappa shape index (κ2) is 3.11. The van der Waals surface area contributed by atoms with Crippen molar-refractivity contribution in [2.24, 2.45) is 7.05 Å². The fraction of sp³-hybridized carbons (Fsp3) is 0.375. The molecule has 3 heteroatoms. The van der Waals surface area contributed by atoms with E-state index < -0.39 is 0 Å². The predicted molar refractivity (Wildman–Crippen MR) is 45.1 cm³/mol. The van der Waals surface area contributed by atoms with E-state index in [4.69, 9.17) is 6.42 Å². The van der Waals surface area contributed by atoms with Crippen LogP contribution in [0, 0.1) is 12.3 Å². The molecule has 1 heterocycles. The first-order chi connectivity index (χ1) is 5.22. The summed E-state index contributed by atoms with van der Waals surface area (Å²) in [5.74, 6) is 2.57. The van der Waals surface area contributed by atoms with Crippen LogP contribution in [0.15, 0.2) is 12.4 Å². The van der Waals surface area contributed by atoms with Gasteiger partial charge < -0.3 is 5.32 Å². The van der Waals surface area contributed by atoms with E-state index in [-0.39, 0.29) is 6.04 Å². The summed E-state index contributed by atoms with van der Waals surface area (Å²) in [6.07, 6.45) is 8.81. The zero-order chi connectivity index (χ0) is 8.27. The number of hydrogen-bond acceptors (Lipinski definition) is 2. The first kappa shape index (κ1) is 7.67. The maximum atomic E-state index is 5.19. The summed E-state index contributed by atoms with van der Waals surface area (Å²) < 4.78 is 1.73. The largest absolute Gasteiger partial charge is 0.369 e. The van der Waals surface area contributed by atoms with Crippen molar-refractivity contribution in [3.8, 4) is 12.3 Å². The van der Waals surface area contributed by atoms with Gasteiger partial charge >= 0.3 is 0 Å². The average molecular weight is 149 g/mol. The minimum atomic E-state index is 0.0548. The standard InChI is InChI=1S/C8H11N3/c1-4-7(2)10-8-5-9-11(3)6-8/h1,5-7,10H,2-3H3. The molecule has 0 aliphatic heterocycles. The molecule has 3 nitrogen and oxygen atoms in total. The lowest BCUT2D eigenvalue weighted by molar-refractivity contribution is 0.768. The van der Waals surface area contributed by atoms with E-state index >= 15 is 0 Å². The minimum absolute atomic E-state index is 0.0548. The molecule has 11 heavy (non-hydrogen) atoms. The third-order valence-corrected chi connectivity index (χ3v) is 1.34. The molecule has 1 aromatic rings. The van der Waals surface area contributed by atoms with Crippen molar-refractivity contribution < 1.29 is 0 Å². The summed E-state index contributed by atoms with van der Waals surface area (Å²) in [4.78, 5) is 0. The van der Waals surface area contributed by atoms with Crippen molar-refractivity contribution in [1.82, 2.24) is 9.78 Å². The Hall–Kier alpha value is -1.43. The maximum Gasteiger partial charge on any atom is 0.0846 e. The molecular formula is C8H11N3.